The molecule has 1 aromatic rings. The molecule has 2 heteroatoms. The van der Waals surface area contributed by atoms with Gasteiger partial charge in [-0.05, 0) is 33.0 Å². The van der Waals surface area contributed by atoms with Gasteiger partial charge in [-0.2, -0.15) is 0 Å². The fourth-order valence-corrected chi connectivity index (χ4v) is 1.97. The Labute approximate surface area is 87.9 Å². The molecule has 1 aromatic carbocycles. The molecule has 0 aliphatic heterocycles. The zero-order valence-corrected chi connectivity index (χ0v) is 10.0. The van der Waals surface area contributed by atoms with Gasteiger partial charge in [0.2, 0.25) is 0 Å². The highest BCUT2D eigenvalue weighted by Crippen LogP contribution is 2.32. The van der Waals surface area contributed by atoms with Crippen molar-refractivity contribution in [3.05, 3.63) is 28.2 Å². The van der Waals surface area contributed by atoms with E-state index < -0.39 is 0 Å². The molecular formula is C10H13BrS. The van der Waals surface area contributed by atoms with Crippen molar-refractivity contribution in [3.8, 4) is 0 Å². The fraction of sp³-hybridized carbons (Fsp3) is 0.400. The molecule has 0 amide bonds. The first-order valence-corrected chi connectivity index (χ1v) is 5.15. The Morgan fingerprint density at radius 1 is 1.25 bits per heavy atom. The maximum Gasteiger partial charge on any atom is 0.0311 e. The lowest BCUT2D eigenvalue weighted by molar-refractivity contribution is 0.577. The summed E-state index contributed by atoms with van der Waals surface area (Å²) in [5, 5.41) is 0. The van der Waals surface area contributed by atoms with E-state index in [0.717, 1.165) is 9.37 Å². The van der Waals surface area contributed by atoms with E-state index in [1.165, 1.54) is 5.56 Å². The molecule has 0 saturated heterocycles. The molecule has 0 aliphatic carbocycles. The van der Waals surface area contributed by atoms with Gasteiger partial charge in [-0.15, -0.1) is 12.6 Å². The molecular weight excluding hydrogens is 232 g/mol. The van der Waals surface area contributed by atoms with Crippen molar-refractivity contribution in [1.82, 2.24) is 0 Å². The van der Waals surface area contributed by atoms with Gasteiger partial charge in [-0.1, -0.05) is 32.9 Å². The van der Waals surface area contributed by atoms with Crippen molar-refractivity contribution in [1.29, 1.82) is 0 Å². The van der Waals surface area contributed by atoms with E-state index in [2.05, 4.69) is 55.4 Å². The van der Waals surface area contributed by atoms with Gasteiger partial charge in [-0.25, -0.2) is 0 Å². The van der Waals surface area contributed by atoms with Gasteiger partial charge in [0.1, 0.15) is 0 Å². The molecule has 0 radical (unpaired) electrons. The Balaban J connectivity index is 3.26. The average molecular weight is 245 g/mol. The SMILES string of the molecule is CC(C)(C)c1cccc(Br)c1S. The summed E-state index contributed by atoms with van der Waals surface area (Å²) in [7, 11) is 0. The van der Waals surface area contributed by atoms with Crippen LogP contribution in [0.4, 0.5) is 0 Å². The van der Waals surface area contributed by atoms with Crippen LogP contribution in [-0.2, 0) is 5.41 Å². The summed E-state index contributed by atoms with van der Waals surface area (Å²) < 4.78 is 1.07. The average Bonchev–Trinajstić information content (AvgIpc) is 1.92. The second-order valence-electron chi connectivity index (χ2n) is 3.89. The van der Waals surface area contributed by atoms with Crippen LogP contribution < -0.4 is 0 Å². The topological polar surface area (TPSA) is 0 Å². The zero-order chi connectivity index (χ0) is 9.35. The minimum absolute atomic E-state index is 0.168. The molecule has 0 aliphatic rings. The van der Waals surface area contributed by atoms with Crippen LogP contribution in [0.1, 0.15) is 26.3 Å². The Kier molecular flexibility index (Phi) is 2.89. The van der Waals surface area contributed by atoms with E-state index in [9.17, 15) is 0 Å². The molecule has 0 unspecified atom stereocenters. The number of thiol groups is 1. The third kappa shape index (κ3) is 2.05. The normalized spacial score (nSPS) is 11.8. The highest BCUT2D eigenvalue weighted by Gasteiger charge is 2.17. The summed E-state index contributed by atoms with van der Waals surface area (Å²) in [5.41, 5.74) is 1.45. The lowest BCUT2D eigenvalue weighted by Crippen LogP contribution is -2.11. The predicted molar refractivity (Wildman–Crippen MR) is 60.1 cm³/mol. The molecule has 0 aromatic heterocycles. The first kappa shape index (κ1) is 10.1. The van der Waals surface area contributed by atoms with Crippen molar-refractivity contribution >= 4 is 28.6 Å². The number of rotatable bonds is 0. The van der Waals surface area contributed by atoms with Gasteiger partial charge in [0.25, 0.3) is 0 Å². The van der Waals surface area contributed by atoms with Crippen LogP contribution in [0.15, 0.2) is 27.6 Å². The van der Waals surface area contributed by atoms with Crippen LogP contribution in [0, 0.1) is 0 Å². The Hall–Kier alpha value is 0.0500. The minimum atomic E-state index is 0.168. The Bertz CT molecular complexity index is 286. The molecule has 0 bridgehead atoms. The number of hydrogen-bond donors (Lipinski definition) is 1. The minimum Gasteiger partial charge on any atom is -0.142 e. The van der Waals surface area contributed by atoms with Crippen LogP contribution >= 0.6 is 28.6 Å². The van der Waals surface area contributed by atoms with Crippen LogP contribution in [0.2, 0.25) is 0 Å². The highest BCUT2D eigenvalue weighted by molar-refractivity contribution is 9.10. The van der Waals surface area contributed by atoms with Crippen molar-refractivity contribution in [3.63, 3.8) is 0 Å². The largest absolute Gasteiger partial charge is 0.142 e. The zero-order valence-electron chi connectivity index (χ0n) is 7.56. The van der Waals surface area contributed by atoms with E-state index >= 15 is 0 Å². The van der Waals surface area contributed by atoms with Crippen LogP contribution in [0.25, 0.3) is 0 Å². The second kappa shape index (κ2) is 3.43. The summed E-state index contributed by atoms with van der Waals surface area (Å²) in [6.45, 7) is 6.57. The number of hydrogen-bond acceptors (Lipinski definition) is 1. The monoisotopic (exact) mass is 244 g/mol. The molecule has 0 spiro atoms. The summed E-state index contributed by atoms with van der Waals surface area (Å²) in [6.07, 6.45) is 0. The van der Waals surface area contributed by atoms with E-state index in [1.807, 2.05) is 12.1 Å². The highest BCUT2D eigenvalue weighted by atomic mass is 79.9. The molecule has 0 nitrogen and oxygen atoms in total. The lowest BCUT2D eigenvalue weighted by atomic mass is 9.87. The molecule has 0 atom stereocenters. The van der Waals surface area contributed by atoms with E-state index in [4.69, 9.17) is 0 Å². The molecule has 1 rings (SSSR count). The third-order valence-corrected chi connectivity index (χ3v) is 3.24. The quantitative estimate of drug-likeness (QED) is 0.655. The Morgan fingerprint density at radius 3 is 2.25 bits per heavy atom. The maximum atomic E-state index is 4.46. The maximum absolute atomic E-state index is 4.46. The van der Waals surface area contributed by atoms with Crippen molar-refractivity contribution in [2.45, 2.75) is 31.1 Å². The van der Waals surface area contributed by atoms with Gasteiger partial charge in [-0.3, -0.25) is 0 Å². The lowest BCUT2D eigenvalue weighted by Gasteiger charge is -2.21. The fourth-order valence-electron chi connectivity index (χ4n) is 1.12. The van der Waals surface area contributed by atoms with Crippen molar-refractivity contribution in [2.75, 3.05) is 0 Å². The molecule has 0 heterocycles. The summed E-state index contributed by atoms with van der Waals surface area (Å²) in [4.78, 5) is 1.05. The van der Waals surface area contributed by atoms with Crippen LogP contribution in [0.3, 0.4) is 0 Å². The smallest absolute Gasteiger partial charge is 0.0311 e. The number of benzene rings is 1. The molecule has 0 N–H and O–H groups in total. The van der Waals surface area contributed by atoms with Crippen LogP contribution in [0.5, 0.6) is 0 Å². The predicted octanol–water partition coefficient (Wildman–Crippen LogP) is 4.04. The summed E-state index contributed by atoms with van der Waals surface area (Å²) in [6, 6.07) is 6.18. The van der Waals surface area contributed by atoms with Gasteiger partial charge in [0.05, 0.1) is 0 Å². The standard InChI is InChI=1S/C10H13BrS/c1-10(2,3)7-5-4-6-8(11)9(7)12/h4-6,12H,1-3H3. The van der Waals surface area contributed by atoms with E-state index in [-0.39, 0.29) is 5.41 Å². The van der Waals surface area contributed by atoms with Gasteiger partial charge in [0.15, 0.2) is 0 Å². The molecule has 0 saturated carbocycles. The third-order valence-electron chi connectivity index (χ3n) is 1.79. The number of halogens is 1. The molecule has 0 fully saturated rings. The second-order valence-corrected chi connectivity index (χ2v) is 5.19. The Morgan fingerprint density at radius 2 is 1.83 bits per heavy atom. The van der Waals surface area contributed by atoms with Gasteiger partial charge < -0.3 is 0 Å². The first-order valence-electron chi connectivity index (χ1n) is 3.91. The summed E-state index contributed by atoms with van der Waals surface area (Å²) >= 11 is 7.92. The van der Waals surface area contributed by atoms with Gasteiger partial charge >= 0.3 is 0 Å². The van der Waals surface area contributed by atoms with Gasteiger partial charge in [0, 0.05) is 9.37 Å². The molecule has 12 heavy (non-hydrogen) atoms. The first-order chi connectivity index (χ1) is 5.43. The van der Waals surface area contributed by atoms with Crippen LogP contribution in [-0.4, -0.2) is 0 Å². The van der Waals surface area contributed by atoms with Crippen molar-refractivity contribution in [2.24, 2.45) is 0 Å². The van der Waals surface area contributed by atoms with E-state index in [0.29, 0.717) is 0 Å². The molecule has 66 valence electrons. The van der Waals surface area contributed by atoms with Crippen molar-refractivity contribution < 1.29 is 0 Å². The van der Waals surface area contributed by atoms with E-state index in [1.54, 1.807) is 0 Å². The summed E-state index contributed by atoms with van der Waals surface area (Å²) in [5.74, 6) is 0.